The summed E-state index contributed by atoms with van der Waals surface area (Å²) in [4.78, 5) is 10.8. The van der Waals surface area contributed by atoms with Crippen LogP contribution in [0.4, 0.5) is 0 Å². The molecule has 0 amide bonds. The molecular weight excluding hydrogens is 208 g/mol. The van der Waals surface area contributed by atoms with Gasteiger partial charge in [-0.25, -0.2) is 4.21 Å². The number of carbonyl (C=O) groups is 1. The van der Waals surface area contributed by atoms with E-state index in [0.717, 1.165) is 0 Å². The molecule has 0 spiro atoms. The molecular formula is C8H10O5S. The van der Waals surface area contributed by atoms with Crippen LogP contribution in [0.25, 0.3) is 0 Å². The van der Waals surface area contributed by atoms with Gasteiger partial charge < -0.3 is 14.0 Å². The zero-order valence-electron chi connectivity index (χ0n) is 7.34. The molecule has 14 heavy (non-hydrogen) atoms. The van der Waals surface area contributed by atoms with Gasteiger partial charge in [0.15, 0.2) is 17.4 Å². The number of hydrogen-bond acceptors (Lipinski definition) is 4. The maximum Gasteiger partial charge on any atom is 0.244 e. The number of hydrogen-bond donors (Lipinski definition) is 1. The van der Waals surface area contributed by atoms with Crippen LogP contribution >= 0.6 is 0 Å². The van der Waals surface area contributed by atoms with Crippen molar-refractivity contribution in [2.45, 2.75) is 17.5 Å². The quantitative estimate of drug-likeness (QED) is 0.393. The Morgan fingerprint density at radius 1 is 1.64 bits per heavy atom. The zero-order valence-corrected chi connectivity index (χ0v) is 8.16. The highest BCUT2D eigenvalue weighted by Gasteiger charge is 2.47. The molecule has 6 heteroatoms. The molecule has 0 aliphatic carbocycles. The van der Waals surface area contributed by atoms with Gasteiger partial charge in [-0.15, -0.1) is 12.3 Å². The van der Waals surface area contributed by atoms with Crippen molar-refractivity contribution in [3.63, 3.8) is 0 Å². The van der Waals surface area contributed by atoms with E-state index in [1.54, 1.807) is 0 Å². The first-order chi connectivity index (χ1) is 6.66. The topological polar surface area (TPSA) is 72.8 Å². The first-order valence-electron chi connectivity index (χ1n) is 3.93. The Balaban J connectivity index is 2.89. The fraction of sp³-hybridized carbons (Fsp3) is 0.625. The van der Waals surface area contributed by atoms with E-state index in [0.29, 0.717) is 6.29 Å². The molecule has 78 valence electrons. The Bertz CT molecular complexity index is 276. The van der Waals surface area contributed by atoms with Crippen molar-refractivity contribution in [1.29, 1.82) is 0 Å². The third-order valence-electron chi connectivity index (χ3n) is 1.90. The molecule has 2 unspecified atom stereocenters. The molecule has 0 aromatic heterocycles. The first kappa shape index (κ1) is 11.3. The molecule has 1 aliphatic heterocycles. The highest BCUT2D eigenvalue weighted by Crippen LogP contribution is 2.26. The van der Waals surface area contributed by atoms with Gasteiger partial charge in [0.2, 0.25) is 5.79 Å². The first-order valence-corrected chi connectivity index (χ1v) is 5.10. The summed E-state index contributed by atoms with van der Waals surface area (Å²) in [5.41, 5.74) is 0. The van der Waals surface area contributed by atoms with Crippen molar-refractivity contribution in [1.82, 2.24) is 0 Å². The molecule has 5 nitrogen and oxygen atoms in total. The predicted octanol–water partition coefficient (Wildman–Crippen LogP) is -0.458. The molecule has 0 aromatic rings. The van der Waals surface area contributed by atoms with Crippen LogP contribution in [0.1, 0.15) is 6.42 Å². The standard InChI is InChI=1S/C8H10O5S/c1-2-3-7(14(10)11)8(6-9)12-4-5-13-8/h1,6-7H,3-5H2,(H,10,11). The Kier molecular flexibility index (Phi) is 3.77. The Hall–Kier alpha value is -0.740. The number of ether oxygens (including phenoxy) is 2. The summed E-state index contributed by atoms with van der Waals surface area (Å²) >= 11 is -2.26. The molecule has 2 atom stereocenters. The molecule has 1 aliphatic rings. The van der Waals surface area contributed by atoms with Gasteiger partial charge in [-0.2, -0.15) is 0 Å². The van der Waals surface area contributed by atoms with Crippen LogP contribution in [0.15, 0.2) is 0 Å². The molecule has 1 rings (SSSR count). The molecule has 1 heterocycles. The van der Waals surface area contributed by atoms with Crippen LogP contribution in [-0.2, 0) is 25.3 Å². The Morgan fingerprint density at radius 3 is 2.57 bits per heavy atom. The number of carbonyl (C=O) groups excluding carboxylic acids is 1. The predicted molar refractivity (Wildman–Crippen MR) is 48.7 cm³/mol. The SMILES string of the molecule is C#CCC(S(=O)O)C1(C=O)OCCO1. The largest absolute Gasteiger partial charge is 0.340 e. The fourth-order valence-electron chi connectivity index (χ4n) is 1.23. The van der Waals surface area contributed by atoms with Gasteiger partial charge in [-0.3, -0.25) is 4.79 Å². The minimum absolute atomic E-state index is 0.0537. The smallest absolute Gasteiger partial charge is 0.244 e. The van der Waals surface area contributed by atoms with Crippen molar-refractivity contribution in [3.05, 3.63) is 0 Å². The number of aldehydes is 1. The second-order valence-corrected chi connectivity index (χ2v) is 3.83. The van der Waals surface area contributed by atoms with Gasteiger partial charge in [0.25, 0.3) is 0 Å². The van der Waals surface area contributed by atoms with Gasteiger partial charge in [-0.1, -0.05) is 0 Å². The van der Waals surface area contributed by atoms with Crippen LogP contribution in [0.3, 0.4) is 0 Å². The summed E-state index contributed by atoms with van der Waals surface area (Å²) in [7, 11) is 0. The van der Waals surface area contributed by atoms with Crippen molar-refractivity contribution in [2.24, 2.45) is 0 Å². The van der Waals surface area contributed by atoms with E-state index < -0.39 is 22.1 Å². The van der Waals surface area contributed by atoms with E-state index in [4.69, 9.17) is 20.4 Å². The van der Waals surface area contributed by atoms with E-state index >= 15 is 0 Å². The molecule has 0 aromatic carbocycles. The molecule has 0 radical (unpaired) electrons. The lowest BCUT2D eigenvalue weighted by Gasteiger charge is -2.26. The van der Waals surface area contributed by atoms with Gasteiger partial charge in [0, 0.05) is 6.42 Å². The summed E-state index contributed by atoms with van der Waals surface area (Å²) in [6.07, 6.45) is 5.36. The van der Waals surface area contributed by atoms with Crippen molar-refractivity contribution < 1.29 is 23.0 Å². The van der Waals surface area contributed by atoms with E-state index in [1.165, 1.54) is 0 Å². The lowest BCUT2D eigenvalue weighted by Crippen LogP contribution is -2.47. The van der Waals surface area contributed by atoms with Gasteiger partial charge in [0.05, 0.1) is 13.2 Å². The summed E-state index contributed by atoms with van der Waals surface area (Å²) in [5, 5.41) is -1.03. The zero-order chi connectivity index (χ0) is 10.6. The van der Waals surface area contributed by atoms with Crippen molar-refractivity contribution in [2.75, 3.05) is 13.2 Å². The summed E-state index contributed by atoms with van der Waals surface area (Å²) in [6, 6.07) is 0. The fourth-order valence-corrected chi connectivity index (χ4v) is 1.95. The lowest BCUT2D eigenvalue weighted by molar-refractivity contribution is -0.167. The summed E-state index contributed by atoms with van der Waals surface area (Å²) in [5.74, 6) is 0.566. The third kappa shape index (κ3) is 2.01. The minimum atomic E-state index is -2.26. The van der Waals surface area contributed by atoms with Crippen LogP contribution in [0.5, 0.6) is 0 Å². The van der Waals surface area contributed by atoms with Crippen LogP contribution < -0.4 is 0 Å². The summed E-state index contributed by atoms with van der Waals surface area (Å²) < 4.78 is 29.9. The number of terminal acetylenes is 1. The monoisotopic (exact) mass is 218 g/mol. The maximum atomic E-state index is 10.9. The van der Waals surface area contributed by atoms with Crippen LogP contribution in [-0.4, -0.2) is 39.3 Å². The van der Waals surface area contributed by atoms with Crippen molar-refractivity contribution >= 4 is 17.4 Å². The van der Waals surface area contributed by atoms with E-state index in [1.807, 2.05) is 0 Å². The molecule has 1 saturated heterocycles. The van der Waals surface area contributed by atoms with Gasteiger partial charge >= 0.3 is 0 Å². The summed E-state index contributed by atoms with van der Waals surface area (Å²) in [6.45, 7) is 0.439. The molecule has 1 N–H and O–H groups in total. The highest BCUT2D eigenvalue weighted by molar-refractivity contribution is 7.80. The van der Waals surface area contributed by atoms with E-state index in [2.05, 4.69) is 5.92 Å². The highest BCUT2D eigenvalue weighted by atomic mass is 32.2. The second-order valence-electron chi connectivity index (χ2n) is 2.71. The minimum Gasteiger partial charge on any atom is -0.340 e. The average molecular weight is 218 g/mol. The van der Waals surface area contributed by atoms with Crippen molar-refractivity contribution in [3.8, 4) is 12.3 Å². The second kappa shape index (κ2) is 4.66. The van der Waals surface area contributed by atoms with Crippen LogP contribution in [0.2, 0.25) is 0 Å². The normalized spacial score (nSPS) is 23.7. The Labute approximate surface area is 84.1 Å². The lowest BCUT2D eigenvalue weighted by atomic mass is 10.1. The molecule has 0 bridgehead atoms. The van der Waals surface area contributed by atoms with Crippen LogP contribution in [0, 0.1) is 12.3 Å². The van der Waals surface area contributed by atoms with E-state index in [9.17, 15) is 9.00 Å². The molecule has 0 saturated carbocycles. The Morgan fingerprint density at radius 2 is 2.21 bits per heavy atom. The van der Waals surface area contributed by atoms with Gasteiger partial charge in [-0.05, 0) is 0 Å². The molecule has 1 fully saturated rings. The number of rotatable bonds is 4. The average Bonchev–Trinajstić information content (AvgIpc) is 2.63. The third-order valence-corrected chi connectivity index (χ3v) is 2.88. The maximum absolute atomic E-state index is 10.9. The van der Waals surface area contributed by atoms with E-state index in [-0.39, 0.29) is 19.6 Å². The van der Waals surface area contributed by atoms with Gasteiger partial charge in [0.1, 0.15) is 5.25 Å².